The lowest BCUT2D eigenvalue weighted by atomic mass is 9.94. The number of thiazole rings is 1. The van der Waals surface area contributed by atoms with Crippen LogP contribution in [-0.2, 0) is 14.3 Å². The highest BCUT2D eigenvalue weighted by Crippen LogP contribution is 2.48. The standard InChI is InChI=1S/C27H26N2O8S/c1-13-12-15(10-11-17(13)34-3)21(30)19-20(16-8-7-9-18(35-4)23(16)36-5)29(25(32)22(19)31)27-28-14(2)24(38-27)26(33)37-6/h7-12,20,30H,1-6H3/t20-/m1/s1. The van der Waals surface area contributed by atoms with Gasteiger partial charge in [0.1, 0.15) is 22.4 Å². The van der Waals surface area contributed by atoms with Gasteiger partial charge in [-0.1, -0.05) is 23.5 Å². The number of para-hydroxylation sites is 1. The van der Waals surface area contributed by atoms with Crippen molar-refractivity contribution in [2.24, 2.45) is 0 Å². The summed E-state index contributed by atoms with van der Waals surface area (Å²) >= 11 is 0.908. The number of nitrogens with zero attached hydrogens (tertiary/aromatic N) is 2. The second-order valence-electron chi connectivity index (χ2n) is 8.34. The third kappa shape index (κ3) is 4.34. The summed E-state index contributed by atoms with van der Waals surface area (Å²) in [5.74, 6) is -1.61. The van der Waals surface area contributed by atoms with Gasteiger partial charge in [0.25, 0.3) is 5.78 Å². The number of aliphatic hydroxyl groups is 1. The van der Waals surface area contributed by atoms with Crippen LogP contribution >= 0.6 is 11.3 Å². The van der Waals surface area contributed by atoms with Gasteiger partial charge < -0.3 is 24.1 Å². The maximum absolute atomic E-state index is 13.5. The number of methoxy groups -OCH3 is 4. The second kappa shape index (κ2) is 10.5. The average molecular weight is 539 g/mol. The lowest BCUT2D eigenvalue weighted by Crippen LogP contribution is -2.29. The molecule has 2 aromatic carbocycles. The Hall–Kier alpha value is -4.38. The van der Waals surface area contributed by atoms with E-state index >= 15 is 0 Å². The fourth-order valence-electron chi connectivity index (χ4n) is 4.40. The summed E-state index contributed by atoms with van der Waals surface area (Å²) in [5.41, 5.74) is 1.59. The quantitative estimate of drug-likeness (QED) is 0.204. The second-order valence-corrected chi connectivity index (χ2v) is 9.32. The third-order valence-corrected chi connectivity index (χ3v) is 7.34. The monoisotopic (exact) mass is 538 g/mol. The molecule has 1 saturated heterocycles. The molecule has 1 N–H and O–H groups in total. The van der Waals surface area contributed by atoms with Crippen LogP contribution in [0.5, 0.6) is 17.2 Å². The number of benzene rings is 2. The van der Waals surface area contributed by atoms with Crippen LogP contribution in [0.4, 0.5) is 5.13 Å². The minimum Gasteiger partial charge on any atom is -0.507 e. The van der Waals surface area contributed by atoms with E-state index in [1.807, 2.05) is 0 Å². The third-order valence-electron chi connectivity index (χ3n) is 6.20. The van der Waals surface area contributed by atoms with Crippen LogP contribution in [0.3, 0.4) is 0 Å². The zero-order valence-corrected chi connectivity index (χ0v) is 22.5. The van der Waals surface area contributed by atoms with Crippen molar-refractivity contribution in [1.82, 2.24) is 4.98 Å². The predicted molar refractivity (Wildman–Crippen MR) is 140 cm³/mol. The van der Waals surface area contributed by atoms with Crippen LogP contribution < -0.4 is 19.1 Å². The molecule has 198 valence electrons. The number of hydrogen-bond donors (Lipinski definition) is 1. The maximum atomic E-state index is 13.5. The molecule has 4 rings (SSSR count). The number of esters is 1. The number of aryl methyl sites for hydroxylation is 2. The van der Waals surface area contributed by atoms with Gasteiger partial charge >= 0.3 is 11.9 Å². The van der Waals surface area contributed by atoms with Crippen molar-refractivity contribution < 1.29 is 38.4 Å². The van der Waals surface area contributed by atoms with Gasteiger partial charge in [-0.2, -0.15) is 0 Å². The number of carbonyl (C=O) groups is 3. The first-order valence-electron chi connectivity index (χ1n) is 11.4. The van der Waals surface area contributed by atoms with Crippen LogP contribution in [0.15, 0.2) is 42.0 Å². The Kier molecular flexibility index (Phi) is 7.40. The summed E-state index contributed by atoms with van der Waals surface area (Å²) in [4.78, 5) is 45.0. The Balaban J connectivity index is 2.01. The summed E-state index contributed by atoms with van der Waals surface area (Å²) in [5, 5.41) is 11.5. The van der Waals surface area contributed by atoms with Crippen molar-refractivity contribution in [2.75, 3.05) is 33.3 Å². The smallest absolute Gasteiger partial charge is 0.350 e. The Morgan fingerprint density at radius 2 is 1.71 bits per heavy atom. The first kappa shape index (κ1) is 26.7. The van der Waals surface area contributed by atoms with Gasteiger partial charge in [0, 0.05) is 11.1 Å². The van der Waals surface area contributed by atoms with Gasteiger partial charge in [-0.3, -0.25) is 14.5 Å². The molecule has 1 amide bonds. The highest BCUT2D eigenvalue weighted by Gasteiger charge is 2.49. The summed E-state index contributed by atoms with van der Waals surface area (Å²) in [6.45, 7) is 3.40. The number of Topliss-reactive ketones (excluding diaryl/α,β-unsaturated/α-hetero) is 1. The van der Waals surface area contributed by atoms with Crippen molar-refractivity contribution in [2.45, 2.75) is 19.9 Å². The van der Waals surface area contributed by atoms with Gasteiger partial charge in [0.2, 0.25) is 0 Å². The van der Waals surface area contributed by atoms with Crippen molar-refractivity contribution in [1.29, 1.82) is 0 Å². The normalized spacial score (nSPS) is 16.5. The Labute approximate surface area is 223 Å². The zero-order chi connectivity index (χ0) is 27.7. The molecule has 38 heavy (non-hydrogen) atoms. The molecule has 2 heterocycles. The molecule has 0 radical (unpaired) electrons. The first-order valence-corrected chi connectivity index (χ1v) is 12.2. The van der Waals surface area contributed by atoms with Crippen LogP contribution in [0, 0.1) is 13.8 Å². The van der Waals surface area contributed by atoms with Crippen molar-refractivity contribution in [3.05, 3.63) is 69.2 Å². The molecule has 1 atom stereocenters. The van der Waals surface area contributed by atoms with E-state index in [1.165, 1.54) is 28.4 Å². The Morgan fingerprint density at radius 1 is 1.00 bits per heavy atom. The minimum atomic E-state index is -1.14. The lowest BCUT2D eigenvalue weighted by Gasteiger charge is -2.25. The number of rotatable bonds is 7. The summed E-state index contributed by atoms with van der Waals surface area (Å²) in [6, 6.07) is 8.79. The van der Waals surface area contributed by atoms with Gasteiger partial charge in [-0.15, -0.1) is 0 Å². The lowest BCUT2D eigenvalue weighted by molar-refractivity contribution is -0.132. The molecule has 0 spiro atoms. The number of amides is 1. The molecule has 0 saturated carbocycles. The fourth-order valence-corrected chi connectivity index (χ4v) is 5.41. The topological polar surface area (TPSA) is 124 Å². The maximum Gasteiger partial charge on any atom is 0.350 e. The number of aromatic nitrogens is 1. The van der Waals surface area contributed by atoms with E-state index in [9.17, 15) is 19.5 Å². The Morgan fingerprint density at radius 3 is 2.32 bits per heavy atom. The summed E-state index contributed by atoms with van der Waals surface area (Å²) in [7, 11) is 5.67. The van der Waals surface area contributed by atoms with E-state index in [-0.39, 0.29) is 27.1 Å². The largest absolute Gasteiger partial charge is 0.507 e. The molecule has 1 aromatic heterocycles. The molecule has 10 nitrogen and oxygen atoms in total. The van der Waals surface area contributed by atoms with E-state index in [0.29, 0.717) is 28.3 Å². The number of hydrogen-bond acceptors (Lipinski definition) is 10. The molecular weight excluding hydrogens is 512 g/mol. The number of ether oxygens (including phenoxy) is 4. The molecular formula is C27H26N2O8S. The van der Waals surface area contributed by atoms with Crippen LogP contribution in [-0.4, -0.2) is 56.2 Å². The van der Waals surface area contributed by atoms with Crippen LogP contribution in [0.2, 0.25) is 0 Å². The highest BCUT2D eigenvalue weighted by molar-refractivity contribution is 7.17. The van der Waals surface area contributed by atoms with E-state index in [0.717, 1.165) is 21.8 Å². The van der Waals surface area contributed by atoms with Crippen LogP contribution in [0.25, 0.3) is 5.76 Å². The average Bonchev–Trinajstić information content (AvgIpc) is 3.43. The summed E-state index contributed by atoms with van der Waals surface area (Å²) in [6.07, 6.45) is 0. The fraction of sp³-hybridized carbons (Fsp3) is 0.259. The predicted octanol–water partition coefficient (Wildman–Crippen LogP) is 4.20. The van der Waals surface area contributed by atoms with Gasteiger partial charge in [-0.05, 0) is 43.7 Å². The Bertz CT molecular complexity index is 1480. The number of aliphatic hydroxyl groups excluding tert-OH is 1. The minimum absolute atomic E-state index is 0.0878. The molecule has 0 aliphatic carbocycles. The SMILES string of the molecule is COC(=O)c1sc(N2C(=O)C(=O)C(=C(O)c3ccc(OC)c(C)c3)[C@H]2c2cccc(OC)c2OC)nc1C. The van der Waals surface area contributed by atoms with Gasteiger partial charge in [0.05, 0.1) is 39.7 Å². The summed E-state index contributed by atoms with van der Waals surface area (Å²) < 4.78 is 21.2. The molecule has 0 bridgehead atoms. The molecule has 0 unspecified atom stereocenters. The molecule has 1 aliphatic rings. The van der Waals surface area contributed by atoms with Crippen molar-refractivity contribution >= 4 is 39.9 Å². The van der Waals surface area contributed by atoms with E-state index in [1.54, 1.807) is 50.2 Å². The molecule has 1 aliphatic heterocycles. The van der Waals surface area contributed by atoms with E-state index in [2.05, 4.69) is 4.98 Å². The van der Waals surface area contributed by atoms with Crippen molar-refractivity contribution in [3.63, 3.8) is 0 Å². The number of ketones is 1. The number of carbonyl (C=O) groups excluding carboxylic acids is 3. The van der Waals surface area contributed by atoms with Gasteiger partial charge in [0.15, 0.2) is 16.6 Å². The molecule has 11 heteroatoms. The first-order chi connectivity index (χ1) is 18.2. The zero-order valence-electron chi connectivity index (χ0n) is 21.6. The number of anilines is 1. The van der Waals surface area contributed by atoms with Crippen LogP contribution in [0.1, 0.15) is 38.1 Å². The molecule has 1 fully saturated rings. The highest BCUT2D eigenvalue weighted by atomic mass is 32.1. The van der Waals surface area contributed by atoms with Gasteiger partial charge in [-0.25, -0.2) is 9.78 Å². The molecule has 3 aromatic rings. The van der Waals surface area contributed by atoms with Crippen molar-refractivity contribution in [3.8, 4) is 17.2 Å². The van der Waals surface area contributed by atoms with E-state index < -0.39 is 23.7 Å². The van der Waals surface area contributed by atoms with E-state index in [4.69, 9.17) is 18.9 Å².